The van der Waals surface area contributed by atoms with Crippen LogP contribution in [0.15, 0.2) is 96.7 Å². The van der Waals surface area contributed by atoms with Crippen molar-refractivity contribution < 1.29 is 13.5 Å². The molecule has 1 aromatic heterocycles. The van der Waals surface area contributed by atoms with E-state index in [0.29, 0.717) is 11.4 Å². The lowest BCUT2D eigenvalue weighted by Crippen LogP contribution is -2.31. The van der Waals surface area contributed by atoms with Gasteiger partial charge in [0.05, 0.1) is 16.3 Å². The molecule has 0 unspecified atom stereocenters. The first-order valence-corrected chi connectivity index (χ1v) is 13.0. The highest BCUT2D eigenvalue weighted by Gasteiger charge is 2.16. The van der Waals surface area contributed by atoms with Gasteiger partial charge in [-0.1, -0.05) is 46.3 Å². The minimum atomic E-state index is -3.74. The summed E-state index contributed by atoms with van der Waals surface area (Å²) >= 11 is 3.38. The zero-order chi connectivity index (χ0) is 25.9. The van der Waals surface area contributed by atoms with Gasteiger partial charge in [0.1, 0.15) is 5.56 Å². The van der Waals surface area contributed by atoms with Gasteiger partial charge in [0, 0.05) is 17.2 Å². The molecule has 0 amide bonds. The van der Waals surface area contributed by atoms with Crippen LogP contribution in [0.4, 0.5) is 5.69 Å². The predicted molar refractivity (Wildman–Crippen MR) is 141 cm³/mol. The van der Waals surface area contributed by atoms with Crippen molar-refractivity contribution in [2.45, 2.75) is 18.4 Å². The van der Waals surface area contributed by atoms with Crippen molar-refractivity contribution in [2.24, 2.45) is 4.99 Å². The van der Waals surface area contributed by atoms with E-state index in [2.05, 4.69) is 30.6 Å². The predicted octanol–water partition coefficient (Wildman–Crippen LogP) is 3.53. The third-order valence-electron chi connectivity index (χ3n) is 5.32. The van der Waals surface area contributed by atoms with E-state index >= 15 is 0 Å². The zero-order valence-corrected chi connectivity index (χ0v) is 21.4. The molecule has 3 aromatic carbocycles. The fourth-order valence-corrected chi connectivity index (χ4v) is 4.63. The van der Waals surface area contributed by atoms with Gasteiger partial charge in [-0.25, -0.2) is 22.5 Å². The molecular weight excluding hydrogens is 548 g/mol. The second-order valence-electron chi connectivity index (χ2n) is 7.83. The highest BCUT2D eigenvalue weighted by atomic mass is 79.9. The van der Waals surface area contributed by atoms with Crippen molar-refractivity contribution in [1.82, 2.24) is 14.3 Å². The van der Waals surface area contributed by atoms with E-state index in [9.17, 15) is 23.1 Å². The van der Waals surface area contributed by atoms with Crippen LogP contribution in [0, 0.1) is 6.92 Å². The Labute approximate surface area is 215 Å². The molecule has 0 atom stereocenters. The Bertz CT molecular complexity index is 1660. The highest BCUT2D eigenvalue weighted by molar-refractivity contribution is 9.10. The number of hydrogen-bond donors (Lipinski definition) is 3. The minimum absolute atomic E-state index is 0.0530. The first-order chi connectivity index (χ1) is 17.2. The Hall–Kier alpha value is -3.80. The van der Waals surface area contributed by atoms with Crippen LogP contribution in [0.25, 0.3) is 5.69 Å². The molecule has 1 heterocycles. The van der Waals surface area contributed by atoms with Crippen LogP contribution in [0.1, 0.15) is 16.7 Å². The van der Waals surface area contributed by atoms with Crippen LogP contribution in [-0.4, -0.2) is 29.3 Å². The average molecular weight is 569 g/mol. The smallest absolute Gasteiger partial charge is 0.335 e. The fourth-order valence-electron chi connectivity index (χ4n) is 3.37. The number of hydrogen-bond acceptors (Lipinski definition) is 6. The molecule has 0 bridgehead atoms. The number of aromatic nitrogens is 2. The summed E-state index contributed by atoms with van der Waals surface area (Å²) in [5.41, 5.74) is 0.524. The fraction of sp³-hybridized carbons (Fsp3) is 0.0800. The quantitative estimate of drug-likeness (QED) is 0.293. The number of H-pyrrole nitrogens is 1. The SMILES string of the molecule is Cc1cc(-n2c(O)c(C=Nc3ccc(S(=O)(=O)NCc4ccccc4)cc3)c(=O)[nH]c2=O)ccc1Br. The van der Waals surface area contributed by atoms with Gasteiger partial charge in [0.15, 0.2) is 0 Å². The third-order valence-corrected chi connectivity index (χ3v) is 7.63. The van der Waals surface area contributed by atoms with Crippen LogP contribution in [0.5, 0.6) is 5.88 Å². The molecule has 0 radical (unpaired) electrons. The minimum Gasteiger partial charge on any atom is -0.493 e. The van der Waals surface area contributed by atoms with Crippen molar-refractivity contribution in [3.8, 4) is 11.6 Å². The monoisotopic (exact) mass is 568 g/mol. The van der Waals surface area contributed by atoms with E-state index in [0.717, 1.165) is 26.4 Å². The van der Waals surface area contributed by atoms with Gasteiger partial charge in [-0.05, 0) is 60.5 Å². The van der Waals surface area contributed by atoms with Gasteiger partial charge < -0.3 is 5.11 Å². The summed E-state index contributed by atoms with van der Waals surface area (Å²) in [7, 11) is -3.74. The number of aromatic amines is 1. The lowest BCUT2D eigenvalue weighted by Gasteiger charge is -2.11. The maximum atomic E-state index is 12.6. The molecule has 36 heavy (non-hydrogen) atoms. The topological polar surface area (TPSA) is 134 Å². The summed E-state index contributed by atoms with van der Waals surface area (Å²) in [6.45, 7) is 1.98. The molecule has 0 saturated carbocycles. The molecule has 4 rings (SSSR count). The number of aryl methyl sites for hydroxylation is 1. The van der Waals surface area contributed by atoms with Crippen LogP contribution in [-0.2, 0) is 16.6 Å². The molecule has 0 aliphatic rings. The van der Waals surface area contributed by atoms with Gasteiger partial charge in [-0.3, -0.25) is 14.8 Å². The lowest BCUT2D eigenvalue weighted by atomic mass is 10.2. The molecule has 0 aliphatic heterocycles. The maximum Gasteiger partial charge on any atom is 0.335 e. The number of aliphatic imine (C=N–C) groups is 1. The van der Waals surface area contributed by atoms with Gasteiger partial charge in [-0.2, -0.15) is 0 Å². The molecule has 184 valence electrons. The Kier molecular flexibility index (Phi) is 7.34. The number of sulfonamides is 1. The van der Waals surface area contributed by atoms with Gasteiger partial charge in [0.2, 0.25) is 15.9 Å². The number of rotatable bonds is 7. The summed E-state index contributed by atoms with van der Waals surface area (Å²) in [5, 5.41) is 10.7. The molecule has 0 aliphatic carbocycles. The molecule has 4 aromatic rings. The number of nitrogens with one attached hydrogen (secondary N) is 2. The van der Waals surface area contributed by atoms with Gasteiger partial charge in [-0.15, -0.1) is 0 Å². The largest absolute Gasteiger partial charge is 0.493 e. The Balaban J connectivity index is 1.58. The third kappa shape index (κ3) is 5.54. The standard InChI is InChI=1S/C25H21BrN4O5S/c1-16-13-19(9-12-22(16)26)30-24(32)21(23(31)29-25(30)33)15-27-18-7-10-20(11-8-18)36(34,35)28-14-17-5-3-2-4-6-17/h2-13,15,28,32H,14H2,1H3,(H,29,31,33). The van der Waals surface area contributed by atoms with Crippen molar-refractivity contribution in [1.29, 1.82) is 0 Å². The average Bonchev–Trinajstić information content (AvgIpc) is 2.85. The van der Waals surface area contributed by atoms with E-state index in [1.807, 2.05) is 37.3 Å². The number of aromatic hydroxyl groups is 1. The van der Waals surface area contributed by atoms with Crippen LogP contribution < -0.4 is 16.0 Å². The molecule has 0 fully saturated rings. The normalized spacial score (nSPS) is 11.7. The van der Waals surface area contributed by atoms with E-state index in [-0.39, 0.29) is 17.0 Å². The highest BCUT2D eigenvalue weighted by Crippen LogP contribution is 2.22. The zero-order valence-electron chi connectivity index (χ0n) is 19.0. The molecular formula is C25H21BrN4O5S. The van der Waals surface area contributed by atoms with Gasteiger partial charge >= 0.3 is 5.69 Å². The van der Waals surface area contributed by atoms with Crippen LogP contribution in [0.2, 0.25) is 0 Å². The molecule has 9 nitrogen and oxygen atoms in total. The maximum absolute atomic E-state index is 12.6. The Morgan fingerprint density at radius 3 is 2.42 bits per heavy atom. The number of halogens is 1. The van der Waals surface area contributed by atoms with E-state index < -0.39 is 27.2 Å². The molecule has 11 heteroatoms. The van der Waals surface area contributed by atoms with Gasteiger partial charge in [0.25, 0.3) is 5.56 Å². The molecule has 0 saturated heterocycles. The summed E-state index contributed by atoms with van der Waals surface area (Å²) < 4.78 is 29.5. The van der Waals surface area contributed by atoms with E-state index in [4.69, 9.17) is 0 Å². The lowest BCUT2D eigenvalue weighted by molar-refractivity contribution is 0.430. The summed E-state index contributed by atoms with van der Waals surface area (Å²) in [4.78, 5) is 31.1. The summed E-state index contributed by atoms with van der Waals surface area (Å²) in [6, 6.07) is 19.8. The summed E-state index contributed by atoms with van der Waals surface area (Å²) in [6.07, 6.45) is 1.12. The molecule has 0 spiro atoms. The molecule has 3 N–H and O–H groups in total. The Morgan fingerprint density at radius 2 is 1.75 bits per heavy atom. The second-order valence-corrected chi connectivity index (χ2v) is 10.4. The summed E-state index contributed by atoms with van der Waals surface area (Å²) in [5.74, 6) is -0.571. The van der Waals surface area contributed by atoms with Crippen molar-refractivity contribution in [3.63, 3.8) is 0 Å². The first kappa shape index (κ1) is 25.3. The van der Waals surface area contributed by atoms with Crippen LogP contribution in [0.3, 0.4) is 0 Å². The van der Waals surface area contributed by atoms with Crippen molar-refractivity contribution >= 4 is 37.9 Å². The van der Waals surface area contributed by atoms with E-state index in [1.165, 1.54) is 24.3 Å². The van der Waals surface area contributed by atoms with Crippen LogP contribution >= 0.6 is 15.9 Å². The second kappa shape index (κ2) is 10.4. The Morgan fingerprint density at radius 1 is 1.06 bits per heavy atom. The number of nitrogens with zero attached hydrogens (tertiary/aromatic N) is 2. The first-order valence-electron chi connectivity index (χ1n) is 10.7. The number of benzene rings is 3. The van der Waals surface area contributed by atoms with Crippen molar-refractivity contribution in [3.05, 3.63) is 115 Å². The van der Waals surface area contributed by atoms with Crippen molar-refractivity contribution in [2.75, 3.05) is 0 Å². The van der Waals surface area contributed by atoms with E-state index in [1.54, 1.807) is 18.2 Å².